The third-order valence-electron chi connectivity index (χ3n) is 5.19. The topological polar surface area (TPSA) is 111 Å². The van der Waals surface area contributed by atoms with Crippen LogP contribution < -0.4 is 19.1 Å². The summed E-state index contributed by atoms with van der Waals surface area (Å²) in [6, 6.07) is 16.7. The number of hydrogen-bond donors (Lipinski definition) is 1. The molecule has 9 nitrogen and oxygen atoms in total. The Balaban J connectivity index is 1.62. The Morgan fingerprint density at radius 2 is 1.72 bits per heavy atom. The van der Waals surface area contributed by atoms with E-state index in [0.29, 0.717) is 24.7 Å². The van der Waals surface area contributed by atoms with Gasteiger partial charge in [-0.25, -0.2) is 13.2 Å². The second-order valence-electron chi connectivity index (χ2n) is 7.62. The summed E-state index contributed by atoms with van der Waals surface area (Å²) in [4.78, 5) is 25.0. The van der Waals surface area contributed by atoms with Crippen molar-refractivity contribution in [2.75, 3.05) is 36.0 Å². The van der Waals surface area contributed by atoms with Crippen molar-refractivity contribution in [1.29, 1.82) is 0 Å². The van der Waals surface area contributed by atoms with E-state index in [2.05, 4.69) is 5.32 Å². The largest absolute Gasteiger partial charge is 0.486 e. The van der Waals surface area contributed by atoms with Crippen LogP contribution in [0, 0.1) is 0 Å². The molecular formula is C25H23ClN2O7S. The van der Waals surface area contributed by atoms with Crippen LogP contribution in [-0.2, 0) is 19.6 Å². The van der Waals surface area contributed by atoms with Crippen molar-refractivity contribution in [3.63, 3.8) is 0 Å². The van der Waals surface area contributed by atoms with E-state index in [1.165, 1.54) is 36.4 Å². The van der Waals surface area contributed by atoms with Crippen LogP contribution in [-0.4, -0.2) is 46.7 Å². The van der Waals surface area contributed by atoms with Gasteiger partial charge in [-0.15, -0.1) is 0 Å². The van der Waals surface area contributed by atoms with E-state index in [9.17, 15) is 18.0 Å². The van der Waals surface area contributed by atoms with Gasteiger partial charge in [-0.05, 0) is 49.4 Å². The van der Waals surface area contributed by atoms with Crippen molar-refractivity contribution in [2.24, 2.45) is 0 Å². The molecule has 3 aromatic carbocycles. The molecule has 0 radical (unpaired) electrons. The van der Waals surface area contributed by atoms with Gasteiger partial charge in [0.25, 0.3) is 10.0 Å². The highest BCUT2D eigenvalue weighted by Gasteiger charge is 2.29. The number of anilines is 2. The summed E-state index contributed by atoms with van der Waals surface area (Å²) in [6.45, 7) is 2.05. The molecule has 11 heteroatoms. The number of halogens is 1. The molecule has 0 bridgehead atoms. The number of esters is 1. The minimum absolute atomic E-state index is 0.0181. The minimum Gasteiger partial charge on any atom is -0.486 e. The maximum atomic E-state index is 13.5. The number of sulfonamides is 1. The number of carbonyl (C=O) groups is 2. The van der Waals surface area contributed by atoms with Gasteiger partial charge in [-0.1, -0.05) is 29.8 Å². The SMILES string of the molecule is CCOC(=O)c1ccc(NC(=O)CN(c2ccc3c(c2)OCCO3)S(=O)(=O)c2ccccc2)c(Cl)c1. The molecule has 0 atom stereocenters. The first kappa shape index (κ1) is 25.3. The van der Waals surface area contributed by atoms with Crippen molar-refractivity contribution in [3.05, 3.63) is 77.3 Å². The van der Waals surface area contributed by atoms with Gasteiger partial charge < -0.3 is 19.5 Å². The second-order valence-corrected chi connectivity index (χ2v) is 9.89. The molecule has 1 amide bonds. The molecule has 1 aliphatic heterocycles. The molecule has 36 heavy (non-hydrogen) atoms. The fourth-order valence-electron chi connectivity index (χ4n) is 3.50. The molecule has 4 rings (SSSR count). The average Bonchev–Trinajstić information content (AvgIpc) is 2.88. The summed E-state index contributed by atoms with van der Waals surface area (Å²) in [6.07, 6.45) is 0. The molecule has 1 heterocycles. The number of nitrogens with one attached hydrogen (secondary N) is 1. The molecular weight excluding hydrogens is 508 g/mol. The van der Waals surface area contributed by atoms with Crippen LogP contribution in [0.3, 0.4) is 0 Å². The van der Waals surface area contributed by atoms with Crippen molar-refractivity contribution in [2.45, 2.75) is 11.8 Å². The van der Waals surface area contributed by atoms with Crippen molar-refractivity contribution >= 4 is 44.9 Å². The lowest BCUT2D eigenvalue weighted by molar-refractivity contribution is -0.114. The normalized spacial score (nSPS) is 12.5. The number of carbonyl (C=O) groups excluding carboxylic acids is 2. The van der Waals surface area contributed by atoms with E-state index in [0.717, 1.165) is 4.31 Å². The molecule has 0 saturated heterocycles. The van der Waals surface area contributed by atoms with Crippen molar-refractivity contribution in [3.8, 4) is 11.5 Å². The Morgan fingerprint density at radius 3 is 2.42 bits per heavy atom. The first-order chi connectivity index (χ1) is 17.3. The van der Waals surface area contributed by atoms with Gasteiger partial charge in [0.2, 0.25) is 5.91 Å². The van der Waals surface area contributed by atoms with Crippen LogP contribution >= 0.6 is 11.6 Å². The summed E-state index contributed by atoms with van der Waals surface area (Å²) >= 11 is 6.25. The Kier molecular flexibility index (Phi) is 7.66. The van der Waals surface area contributed by atoms with E-state index >= 15 is 0 Å². The predicted molar refractivity (Wildman–Crippen MR) is 134 cm³/mol. The van der Waals surface area contributed by atoms with E-state index in [4.69, 9.17) is 25.8 Å². The quantitative estimate of drug-likeness (QED) is 0.436. The lowest BCUT2D eigenvalue weighted by atomic mass is 10.2. The maximum Gasteiger partial charge on any atom is 0.338 e. The van der Waals surface area contributed by atoms with Crippen LogP contribution in [0.2, 0.25) is 5.02 Å². The highest BCUT2D eigenvalue weighted by atomic mass is 35.5. The summed E-state index contributed by atoms with van der Waals surface area (Å²) < 4.78 is 44.1. The molecule has 1 N–H and O–H groups in total. The number of benzene rings is 3. The third kappa shape index (κ3) is 5.55. The van der Waals surface area contributed by atoms with E-state index in [1.54, 1.807) is 37.3 Å². The number of ether oxygens (including phenoxy) is 3. The molecule has 1 aliphatic rings. The number of hydrogen-bond acceptors (Lipinski definition) is 7. The fraction of sp³-hybridized carbons (Fsp3) is 0.200. The van der Waals surface area contributed by atoms with E-state index < -0.39 is 28.4 Å². The smallest absolute Gasteiger partial charge is 0.338 e. The first-order valence-electron chi connectivity index (χ1n) is 11.0. The Morgan fingerprint density at radius 1 is 1.00 bits per heavy atom. The third-order valence-corrected chi connectivity index (χ3v) is 7.29. The second kappa shape index (κ2) is 10.9. The Bertz CT molecular complexity index is 1380. The first-order valence-corrected chi connectivity index (χ1v) is 12.9. The molecule has 3 aromatic rings. The maximum absolute atomic E-state index is 13.5. The highest BCUT2D eigenvalue weighted by molar-refractivity contribution is 7.92. The highest BCUT2D eigenvalue weighted by Crippen LogP contribution is 2.36. The standard InChI is InChI=1S/C25H23ClN2O7S/c1-2-33-25(30)17-8-10-21(20(26)14-17)27-24(29)16-28(36(31,32)19-6-4-3-5-7-19)18-9-11-22-23(15-18)35-13-12-34-22/h3-11,14-15H,2,12-13,16H2,1H3,(H,27,29). The fourth-order valence-corrected chi connectivity index (χ4v) is 5.16. The molecule has 188 valence electrons. The van der Waals surface area contributed by atoms with Gasteiger partial charge in [0.15, 0.2) is 11.5 Å². The number of fused-ring (bicyclic) bond motifs is 1. The lowest BCUT2D eigenvalue weighted by Gasteiger charge is -2.26. The van der Waals surface area contributed by atoms with E-state index in [1.807, 2.05) is 0 Å². The predicted octanol–water partition coefficient (Wildman–Crippen LogP) is 4.12. The van der Waals surface area contributed by atoms with Gasteiger partial charge in [0.05, 0.1) is 33.5 Å². The van der Waals surface area contributed by atoms with Crippen LogP contribution in [0.4, 0.5) is 11.4 Å². The number of amides is 1. The molecule has 0 aliphatic carbocycles. The van der Waals surface area contributed by atoms with E-state index in [-0.39, 0.29) is 33.5 Å². The average molecular weight is 531 g/mol. The zero-order chi connectivity index (χ0) is 25.7. The zero-order valence-corrected chi connectivity index (χ0v) is 20.8. The van der Waals surface area contributed by atoms with Gasteiger partial charge in [0.1, 0.15) is 19.8 Å². The van der Waals surface area contributed by atoms with Crippen molar-refractivity contribution < 1.29 is 32.2 Å². The summed E-state index contributed by atoms with van der Waals surface area (Å²) in [5.41, 5.74) is 0.667. The van der Waals surface area contributed by atoms with Gasteiger partial charge >= 0.3 is 5.97 Å². The zero-order valence-electron chi connectivity index (χ0n) is 19.3. The summed E-state index contributed by atoms with van der Waals surface area (Å²) in [5, 5.41) is 2.71. The minimum atomic E-state index is -4.12. The van der Waals surface area contributed by atoms with Gasteiger partial charge in [0, 0.05) is 6.07 Å². The molecule has 0 unspecified atom stereocenters. The van der Waals surface area contributed by atoms with Crippen LogP contribution in [0.25, 0.3) is 0 Å². The molecule has 0 fully saturated rings. The van der Waals surface area contributed by atoms with Gasteiger partial charge in [-0.2, -0.15) is 0 Å². The van der Waals surface area contributed by atoms with Crippen LogP contribution in [0.1, 0.15) is 17.3 Å². The molecule has 0 saturated carbocycles. The van der Waals surface area contributed by atoms with Gasteiger partial charge in [-0.3, -0.25) is 9.10 Å². The Hall–Kier alpha value is -3.76. The Labute approximate surface area is 213 Å². The molecule has 0 aromatic heterocycles. The summed E-state index contributed by atoms with van der Waals surface area (Å²) in [5.74, 6) is -0.323. The number of nitrogens with zero attached hydrogens (tertiary/aromatic N) is 1. The number of rotatable bonds is 8. The van der Waals surface area contributed by atoms with Crippen molar-refractivity contribution in [1.82, 2.24) is 0 Å². The summed E-state index contributed by atoms with van der Waals surface area (Å²) in [7, 11) is -4.12. The monoisotopic (exact) mass is 530 g/mol. The van der Waals surface area contributed by atoms with Crippen LogP contribution in [0.5, 0.6) is 11.5 Å². The molecule has 0 spiro atoms. The lowest BCUT2D eigenvalue weighted by Crippen LogP contribution is -2.38. The van der Waals surface area contributed by atoms with Crippen LogP contribution in [0.15, 0.2) is 71.6 Å².